The summed E-state index contributed by atoms with van der Waals surface area (Å²) in [4.78, 5) is 65.6. The highest BCUT2D eigenvalue weighted by Gasteiger charge is 2.40. The van der Waals surface area contributed by atoms with E-state index >= 15 is 0 Å². The molecule has 1 atom stereocenters. The molecular formula is C19H22N2O8. The third-order valence-electron chi connectivity index (χ3n) is 3.78. The van der Waals surface area contributed by atoms with Gasteiger partial charge in [0.25, 0.3) is 11.8 Å². The zero-order valence-corrected chi connectivity index (χ0v) is 16.5. The standard InChI is InChI=1S/C19H22N2O8/c1-19(2,3)28-18(26)20-13(9-10-14(22)27-4)17(25)29-21-15(23)11-7-5-6-8-12(11)16(21)24/h5-8,13H,9-10H2,1-4H3,(H,20,26)/t13-/m0/s1. The first-order valence-corrected chi connectivity index (χ1v) is 8.79. The summed E-state index contributed by atoms with van der Waals surface area (Å²) in [6.45, 7) is 4.90. The van der Waals surface area contributed by atoms with Crippen molar-refractivity contribution < 1.29 is 38.3 Å². The average molecular weight is 406 g/mol. The van der Waals surface area contributed by atoms with E-state index in [1.807, 2.05) is 0 Å². The summed E-state index contributed by atoms with van der Waals surface area (Å²) in [5.41, 5.74) is -0.642. The number of hydrogen-bond acceptors (Lipinski definition) is 8. The van der Waals surface area contributed by atoms with Crippen molar-refractivity contribution in [1.29, 1.82) is 0 Å². The summed E-state index contributed by atoms with van der Waals surface area (Å²) >= 11 is 0. The number of methoxy groups -OCH3 is 1. The molecule has 1 heterocycles. The Morgan fingerprint density at radius 2 is 1.62 bits per heavy atom. The fourth-order valence-electron chi connectivity index (χ4n) is 2.47. The highest BCUT2D eigenvalue weighted by Crippen LogP contribution is 2.23. The fraction of sp³-hybridized carbons (Fsp3) is 0.421. The number of fused-ring (bicyclic) bond motifs is 1. The summed E-state index contributed by atoms with van der Waals surface area (Å²) < 4.78 is 9.62. The topological polar surface area (TPSA) is 128 Å². The molecule has 1 aliphatic rings. The lowest BCUT2D eigenvalue weighted by molar-refractivity contribution is -0.171. The summed E-state index contributed by atoms with van der Waals surface area (Å²) in [7, 11) is 1.18. The first kappa shape index (κ1) is 21.9. The Kier molecular flexibility index (Phi) is 6.57. The number of nitrogens with zero attached hydrogens (tertiary/aromatic N) is 1. The number of hydrogen-bond donors (Lipinski definition) is 1. The molecular weight excluding hydrogens is 384 g/mol. The van der Waals surface area contributed by atoms with E-state index in [9.17, 15) is 24.0 Å². The predicted octanol–water partition coefficient (Wildman–Crippen LogP) is 1.59. The number of ether oxygens (including phenoxy) is 2. The number of carbonyl (C=O) groups is 5. The van der Waals surface area contributed by atoms with Gasteiger partial charge in [-0.3, -0.25) is 14.4 Å². The van der Waals surface area contributed by atoms with Crippen LogP contribution in [0.5, 0.6) is 0 Å². The van der Waals surface area contributed by atoms with Crippen LogP contribution in [0.3, 0.4) is 0 Å². The van der Waals surface area contributed by atoms with Crippen molar-refractivity contribution in [3.8, 4) is 0 Å². The van der Waals surface area contributed by atoms with Crippen LogP contribution in [0.15, 0.2) is 24.3 Å². The fourth-order valence-corrected chi connectivity index (χ4v) is 2.47. The van der Waals surface area contributed by atoms with Crippen molar-refractivity contribution in [1.82, 2.24) is 10.4 Å². The van der Waals surface area contributed by atoms with Gasteiger partial charge in [0.05, 0.1) is 18.2 Å². The minimum atomic E-state index is -1.35. The molecule has 10 heteroatoms. The van der Waals surface area contributed by atoms with Crippen molar-refractivity contribution in [3.05, 3.63) is 35.4 Å². The monoisotopic (exact) mass is 406 g/mol. The lowest BCUT2D eigenvalue weighted by atomic mass is 10.1. The summed E-state index contributed by atoms with van der Waals surface area (Å²) in [6, 6.07) is 4.64. The number of hydroxylamine groups is 2. The molecule has 10 nitrogen and oxygen atoms in total. The molecule has 1 N–H and O–H groups in total. The van der Waals surface area contributed by atoms with Gasteiger partial charge in [-0.05, 0) is 39.3 Å². The van der Waals surface area contributed by atoms with Gasteiger partial charge < -0.3 is 19.6 Å². The molecule has 29 heavy (non-hydrogen) atoms. The molecule has 2 rings (SSSR count). The second kappa shape index (κ2) is 8.72. The van der Waals surface area contributed by atoms with Gasteiger partial charge in [0.15, 0.2) is 0 Å². The second-order valence-electron chi connectivity index (χ2n) is 7.17. The van der Waals surface area contributed by atoms with Gasteiger partial charge in [-0.15, -0.1) is 0 Å². The molecule has 1 aliphatic heterocycles. The van der Waals surface area contributed by atoms with Gasteiger partial charge in [0.2, 0.25) is 0 Å². The average Bonchev–Trinajstić information content (AvgIpc) is 2.88. The number of alkyl carbamates (subject to hydrolysis) is 1. The minimum Gasteiger partial charge on any atom is -0.469 e. The number of rotatable bonds is 6. The van der Waals surface area contributed by atoms with Gasteiger partial charge in [-0.25, -0.2) is 9.59 Å². The van der Waals surface area contributed by atoms with Gasteiger partial charge >= 0.3 is 18.0 Å². The number of carbonyl (C=O) groups excluding carboxylic acids is 5. The van der Waals surface area contributed by atoms with Crippen molar-refractivity contribution in [2.75, 3.05) is 7.11 Å². The first-order chi connectivity index (χ1) is 13.5. The van der Waals surface area contributed by atoms with Crippen molar-refractivity contribution in [2.45, 2.75) is 45.3 Å². The van der Waals surface area contributed by atoms with Crippen LogP contribution < -0.4 is 5.32 Å². The van der Waals surface area contributed by atoms with E-state index in [2.05, 4.69) is 10.1 Å². The Labute approximate surface area is 167 Å². The smallest absolute Gasteiger partial charge is 0.408 e. The maximum Gasteiger partial charge on any atom is 0.408 e. The third kappa shape index (κ3) is 5.53. The Morgan fingerprint density at radius 3 is 2.10 bits per heavy atom. The van der Waals surface area contributed by atoms with Gasteiger partial charge in [0, 0.05) is 6.42 Å². The van der Waals surface area contributed by atoms with Crippen LogP contribution in [0.1, 0.15) is 54.3 Å². The predicted molar refractivity (Wildman–Crippen MR) is 97.4 cm³/mol. The number of amides is 3. The number of esters is 1. The van der Waals surface area contributed by atoms with Crippen LogP contribution in [0.2, 0.25) is 0 Å². The first-order valence-electron chi connectivity index (χ1n) is 8.79. The molecule has 0 fully saturated rings. The molecule has 0 saturated heterocycles. The molecule has 1 aromatic rings. The van der Waals surface area contributed by atoms with Crippen LogP contribution >= 0.6 is 0 Å². The van der Waals surface area contributed by atoms with Crippen molar-refractivity contribution >= 4 is 29.8 Å². The van der Waals surface area contributed by atoms with Gasteiger partial charge in [-0.2, -0.15) is 0 Å². The van der Waals surface area contributed by atoms with Gasteiger partial charge in [-0.1, -0.05) is 17.2 Å². The van der Waals surface area contributed by atoms with E-state index in [0.29, 0.717) is 5.06 Å². The summed E-state index contributed by atoms with van der Waals surface area (Å²) in [5.74, 6) is -3.32. The molecule has 3 amide bonds. The van der Waals surface area contributed by atoms with E-state index in [1.165, 1.54) is 19.2 Å². The molecule has 0 bridgehead atoms. The molecule has 0 radical (unpaired) electrons. The molecule has 0 spiro atoms. The lowest BCUT2D eigenvalue weighted by Crippen LogP contribution is -2.47. The zero-order valence-electron chi connectivity index (χ0n) is 16.5. The van der Waals surface area contributed by atoms with Crippen LogP contribution in [0, 0.1) is 0 Å². The molecule has 156 valence electrons. The molecule has 0 aliphatic carbocycles. The van der Waals surface area contributed by atoms with E-state index in [4.69, 9.17) is 9.57 Å². The number of imide groups is 1. The highest BCUT2D eigenvalue weighted by atomic mass is 16.7. The molecule has 1 aromatic carbocycles. The quantitative estimate of drug-likeness (QED) is 0.557. The second-order valence-corrected chi connectivity index (χ2v) is 7.17. The van der Waals surface area contributed by atoms with Crippen molar-refractivity contribution in [3.63, 3.8) is 0 Å². The molecule has 0 unspecified atom stereocenters. The van der Waals surface area contributed by atoms with Crippen LogP contribution in [0.25, 0.3) is 0 Å². The Hall–Kier alpha value is -3.43. The van der Waals surface area contributed by atoms with E-state index < -0.39 is 41.5 Å². The third-order valence-corrected chi connectivity index (χ3v) is 3.78. The normalized spacial score (nSPS) is 14.1. The Morgan fingerprint density at radius 1 is 1.07 bits per heavy atom. The van der Waals surface area contributed by atoms with E-state index in [1.54, 1.807) is 32.9 Å². The maximum atomic E-state index is 12.6. The summed E-state index contributed by atoms with van der Waals surface area (Å²) in [5, 5.41) is 2.61. The van der Waals surface area contributed by atoms with Crippen LogP contribution in [-0.4, -0.2) is 53.7 Å². The molecule has 0 saturated carbocycles. The Bertz CT molecular complexity index is 808. The zero-order chi connectivity index (χ0) is 21.8. The Balaban J connectivity index is 2.12. The van der Waals surface area contributed by atoms with Crippen molar-refractivity contribution in [2.24, 2.45) is 0 Å². The minimum absolute atomic E-state index is 0.0940. The van der Waals surface area contributed by atoms with Crippen LogP contribution in [0.4, 0.5) is 4.79 Å². The summed E-state index contributed by atoms with van der Waals surface area (Å²) in [6.07, 6.45) is -1.33. The van der Waals surface area contributed by atoms with E-state index in [-0.39, 0.29) is 24.0 Å². The van der Waals surface area contributed by atoms with Gasteiger partial charge in [0.1, 0.15) is 11.6 Å². The number of nitrogens with one attached hydrogen (secondary N) is 1. The van der Waals surface area contributed by atoms with Crippen LogP contribution in [-0.2, 0) is 23.9 Å². The lowest BCUT2D eigenvalue weighted by Gasteiger charge is -2.23. The van der Waals surface area contributed by atoms with E-state index in [0.717, 1.165) is 0 Å². The number of benzene rings is 1. The maximum absolute atomic E-state index is 12.6. The SMILES string of the molecule is COC(=O)CC[C@H](NC(=O)OC(C)(C)C)C(=O)ON1C(=O)c2ccccc2C1=O. The highest BCUT2D eigenvalue weighted by molar-refractivity contribution is 6.20. The largest absolute Gasteiger partial charge is 0.469 e. The molecule has 0 aromatic heterocycles.